The molecule has 4 rings (SSSR count). The first-order valence-corrected chi connectivity index (χ1v) is 14.2. The van der Waals surface area contributed by atoms with E-state index in [2.05, 4.69) is 20.9 Å². The summed E-state index contributed by atoms with van der Waals surface area (Å²) in [5.74, 6) is -0.625. The van der Waals surface area contributed by atoms with Crippen molar-refractivity contribution in [3.05, 3.63) is 119 Å². The number of pyridine rings is 1. The fraction of sp³-hybridized carbons (Fsp3) is 0.125. The predicted octanol–water partition coefficient (Wildman–Crippen LogP) is 6.58. The molecule has 0 saturated carbocycles. The average molecular weight is 601 g/mol. The fourth-order valence-electron chi connectivity index (χ4n) is 3.81. The number of amides is 3. The lowest BCUT2D eigenvalue weighted by Gasteiger charge is -2.16. The standard InChI is InChI=1S/C32H29ClN4O4S/c1-20-16-27(29(41-3)18-26(20)33)36-30(38)21(2)42-25-13-11-24(12-14-25)35-32(40)28(17-22-8-7-15-34-19-22)37-31(39)23-9-5-4-6-10-23/h4-19,21H,1-3H3,(H,35,40)(H,36,38)(H,37,39)/b28-17-. The van der Waals surface area contributed by atoms with Crippen LogP contribution in [-0.2, 0) is 9.59 Å². The lowest BCUT2D eigenvalue weighted by molar-refractivity contribution is -0.115. The molecule has 42 heavy (non-hydrogen) atoms. The molecule has 8 nitrogen and oxygen atoms in total. The molecule has 0 aliphatic carbocycles. The summed E-state index contributed by atoms with van der Waals surface area (Å²) in [6.07, 6.45) is 4.78. The van der Waals surface area contributed by atoms with Gasteiger partial charge in [-0.2, -0.15) is 0 Å². The summed E-state index contributed by atoms with van der Waals surface area (Å²) in [5.41, 5.74) is 3.03. The number of hydrogen-bond donors (Lipinski definition) is 3. The highest BCUT2D eigenvalue weighted by molar-refractivity contribution is 8.00. The van der Waals surface area contributed by atoms with Crippen LogP contribution < -0.4 is 20.7 Å². The summed E-state index contributed by atoms with van der Waals surface area (Å²) < 4.78 is 5.35. The Balaban J connectivity index is 1.42. The van der Waals surface area contributed by atoms with Crippen molar-refractivity contribution in [1.29, 1.82) is 0 Å². The van der Waals surface area contributed by atoms with Crippen LogP contribution in [0.5, 0.6) is 5.75 Å². The van der Waals surface area contributed by atoms with E-state index in [1.807, 2.05) is 25.1 Å². The van der Waals surface area contributed by atoms with Gasteiger partial charge in [0.15, 0.2) is 0 Å². The highest BCUT2D eigenvalue weighted by Crippen LogP contribution is 2.32. The summed E-state index contributed by atoms with van der Waals surface area (Å²) in [5, 5.41) is 8.56. The van der Waals surface area contributed by atoms with Crippen LogP contribution >= 0.6 is 23.4 Å². The van der Waals surface area contributed by atoms with Gasteiger partial charge in [0.1, 0.15) is 11.4 Å². The molecule has 214 valence electrons. The van der Waals surface area contributed by atoms with Gasteiger partial charge < -0.3 is 20.7 Å². The molecule has 0 saturated heterocycles. The van der Waals surface area contributed by atoms with Gasteiger partial charge in [0.2, 0.25) is 5.91 Å². The van der Waals surface area contributed by atoms with E-state index in [1.165, 1.54) is 18.9 Å². The molecule has 0 radical (unpaired) electrons. The van der Waals surface area contributed by atoms with E-state index < -0.39 is 17.1 Å². The number of hydrogen-bond acceptors (Lipinski definition) is 6. The Labute approximate surface area is 253 Å². The Morgan fingerprint density at radius 1 is 0.976 bits per heavy atom. The zero-order chi connectivity index (χ0) is 30.1. The van der Waals surface area contributed by atoms with Crippen LogP contribution in [-0.4, -0.2) is 35.1 Å². The maximum absolute atomic E-state index is 13.2. The SMILES string of the molecule is COc1cc(Cl)c(C)cc1NC(=O)C(C)Sc1ccc(NC(=O)/C(=C/c2cccnc2)NC(=O)c2ccccc2)cc1. The molecule has 0 aliphatic rings. The monoisotopic (exact) mass is 600 g/mol. The average Bonchev–Trinajstić information content (AvgIpc) is 3.00. The Hall–Kier alpha value is -4.60. The topological polar surface area (TPSA) is 109 Å². The summed E-state index contributed by atoms with van der Waals surface area (Å²) >= 11 is 7.54. The number of anilines is 2. The van der Waals surface area contributed by atoms with Crippen molar-refractivity contribution in [3.8, 4) is 5.75 Å². The predicted molar refractivity (Wildman–Crippen MR) is 168 cm³/mol. The number of methoxy groups -OCH3 is 1. The number of rotatable bonds is 10. The second-order valence-electron chi connectivity index (χ2n) is 9.19. The summed E-state index contributed by atoms with van der Waals surface area (Å²) in [7, 11) is 1.52. The van der Waals surface area contributed by atoms with Crippen LogP contribution in [0.3, 0.4) is 0 Å². The molecule has 4 aromatic rings. The van der Waals surface area contributed by atoms with Crippen molar-refractivity contribution in [2.24, 2.45) is 0 Å². The molecular formula is C32H29ClN4O4S. The smallest absolute Gasteiger partial charge is 0.272 e. The zero-order valence-corrected chi connectivity index (χ0v) is 24.8. The Morgan fingerprint density at radius 2 is 1.71 bits per heavy atom. The first kappa shape index (κ1) is 30.4. The normalized spacial score (nSPS) is 11.8. The van der Waals surface area contributed by atoms with Crippen molar-refractivity contribution < 1.29 is 19.1 Å². The number of carbonyl (C=O) groups is 3. The molecule has 1 aromatic heterocycles. The molecule has 1 atom stereocenters. The van der Waals surface area contributed by atoms with Gasteiger partial charge in [-0.3, -0.25) is 19.4 Å². The minimum absolute atomic E-state index is 0.0634. The number of aryl methyl sites for hydroxylation is 1. The van der Waals surface area contributed by atoms with Gasteiger partial charge in [0.25, 0.3) is 11.8 Å². The number of thioether (sulfide) groups is 1. The Bertz CT molecular complexity index is 1600. The number of aromatic nitrogens is 1. The van der Waals surface area contributed by atoms with Crippen LogP contribution in [0.25, 0.3) is 6.08 Å². The van der Waals surface area contributed by atoms with E-state index in [4.69, 9.17) is 16.3 Å². The number of nitrogens with zero attached hydrogens (tertiary/aromatic N) is 1. The molecule has 3 aromatic carbocycles. The van der Waals surface area contributed by atoms with E-state index in [0.29, 0.717) is 33.3 Å². The third-order valence-corrected chi connectivity index (χ3v) is 7.58. The molecule has 0 aliphatic heterocycles. The fourth-order valence-corrected chi connectivity index (χ4v) is 4.83. The van der Waals surface area contributed by atoms with E-state index in [-0.39, 0.29) is 11.6 Å². The summed E-state index contributed by atoms with van der Waals surface area (Å²) in [6.45, 7) is 3.65. The number of ether oxygens (including phenoxy) is 1. The first-order chi connectivity index (χ1) is 20.2. The maximum atomic E-state index is 13.2. The molecule has 1 unspecified atom stereocenters. The van der Waals surface area contributed by atoms with E-state index in [1.54, 1.807) is 86.1 Å². The molecular weight excluding hydrogens is 572 g/mol. The number of halogens is 1. The van der Waals surface area contributed by atoms with Gasteiger partial charge in [-0.1, -0.05) is 35.9 Å². The molecule has 10 heteroatoms. The third-order valence-electron chi connectivity index (χ3n) is 6.06. The molecule has 0 fully saturated rings. The van der Waals surface area contributed by atoms with Crippen molar-refractivity contribution in [1.82, 2.24) is 10.3 Å². The number of benzene rings is 3. The molecule has 3 amide bonds. The second kappa shape index (κ2) is 14.3. The summed E-state index contributed by atoms with van der Waals surface area (Å²) in [4.78, 5) is 43.8. The van der Waals surface area contributed by atoms with Gasteiger partial charge >= 0.3 is 0 Å². The van der Waals surface area contributed by atoms with Gasteiger partial charge in [0, 0.05) is 39.6 Å². The minimum atomic E-state index is -0.497. The molecule has 0 spiro atoms. The second-order valence-corrected chi connectivity index (χ2v) is 11.0. The van der Waals surface area contributed by atoms with Crippen molar-refractivity contribution in [3.63, 3.8) is 0 Å². The highest BCUT2D eigenvalue weighted by atomic mass is 35.5. The maximum Gasteiger partial charge on any atom is 0.272 e. The lowest BCUT2D eigenvalue weighted by Crippen LogP contribution is -2.30. The first-order valence-electron chi connectivity index (χ1n) is 12.9. The number of nitrogens with one attached hydrogen (secondary N) is 3. The van der Waals surface area contributed by atoms with Crippen LogP contribution in [0.1, 0.15) is 28.4 Å². The molecule has 1 heterocycles. The molecule has 0 bridgehead atoms. The van der Waals surface area contributed by atoms with Crippen LogP contribution in [0.15, 0.2) is 102 Å². The minimum Gasteiger partial charge on any atom is -0.495 e. The van der Waals surface area contributed by atoms with Crippen LogP contribution in [0.4, 0.5) is 11.4 Å². The van der Waals surface area contributed by atoms with Crippen molar-refractivity contribution in [2.75, 3.05) is 17.7 Å². The Morgan fingerprint density at radius 3 is 2.38 bits per heavy atom. The Kier molecular flexibility index (Phi) is 10.4. The number of carbonyl (C=O) groups excluding carboxylic acids is 3. The van der Waals surface area contributed by atoms with Crippen molar-refractivity contribution >= 4 is 58.5 Å². The van der Waals surface area contributed by atoms with Crippen LogP contribution in [0, 0.1) is 6.92 Å². The van der Waals surface area contributed by atoms with Gasteiger partial charge in [0.05, 0.1) is 18.0 Å². The quantitative estimate of drug-likeness (QED) is 0.140. The van der Waals surface area contributed by atoms with Crippen LogP contribution in [0.2, 0.25) is 5.02 Å². The van der Waals surface area contributed by atoms with E-state index in [0.717, 1.165) is 10.5 Å². The summed E-state index contributed by atoms with van der Waals surface area (Å²) in [6, 6.07) is 22.7. The third kappa shape index (κ3) is 8.22. The van der Waals surface area contributed by atoms with Gasteiger partial charge in [-0.25, -0.2) is 0 Å². The highest BCUT2D eigenvalue weighted by Gasteiger charge is 2.18. The lowest BCUT2D eigenvalue weighted by atomic mass is 10.2. The zero-order valence-electron chi connectivity index (χ0n) is 23.2. The van der Waals surface area contributed by atoms with Gasteiger partial charge in [-0.15, -0.1) is 11.8 Å². The largest absolute Gasteiger partial charge is 0.495 e. The van der Waals surface area contributed by atoms with Gasteiger partial charge in [-0.05, 0) is 79.6 Å². The van der Waals surface area contributed by atoms with E-state index >= 15 is 0 Å². The van der Waals surface area contributed by atoms with E-state index in [9.17, 15) is 14.4 Å². The molecule has 3 N–H and O–H groups in total. The van der Waals surface area contributed by atoms with Crippen molar-refractivity contribution in [2.45, 2.75) is 24.0 Å².